The number of hydrogen-bond acceptors (Lipinski definition) is 5. The summed E-state index contributed by atoms with van der Waals surface area (Å²) in [6.07, 6.45) is 1.46. The molecular weight excluding hydrogens is 386 g/mol. The Kier molecular flexibility index (Phi) is 5.69. The quantitative estimate of drug-likeness (QED) is 0.712. The molecule has 7 heteroatoms. The number of nitrogens with one attached hydrogen (secondary N) is 1. The Balaban J connectivity index is 1.50. The highest BCUT2D eigenvalue weighted by molar-refractivity contribution is 7.08. The number of ether oxygens (including phenoxy) is 1. The van der Waals surface area contributed by atoms with Gasteiger partial charge in [0.15, 0.2) is 0 Å². The SMILES string of the molecule is Cc1ccc(C(=O)N2CCOC(c3ccccc3)C2)cc1NC(=O)c1ccns1. The van der Waals surface area contributed by atoms with Crippen LogP contribution in [0.25, 0.3) is 0 Å². The lowest BCUT2D eigenvalue weighted by molar-refractivity contribution is -0.0228. The van der Waals surface area contributed by atoms with Gasteiger partial charge < -0.3 is 15.0 Å². The summed E-state index contributed by atoms with van der Waals surface area (Å²) in [5.74, 6) is -0.293. The predicted octanol–water partition coefficient (Wildman–Crippen LogP) is 3.92. The molecule has 0 saturated carbocycles. The molecule has 1 fully saturated rings. The van der Waals surface area contributed by atoms with Gasteiger partial charge in [-0.25, -0.2) is 4.37 Å². The fourth-order valence-corrected chi connectivity index (χ4v) is 3.78. The van der Waals surface area contributed by atoms with Crippen LogP contribution < -0.4 is 5.32 Å². The normalized spacial score (nSPS) is 16.4. The average molecular weight is 407 g/mol. The maximum absolute atomic E-state index is 13.1. The van der Waals surface area contributed by atoms with Crippen molar-refractivity contribution < 1.29 is 14.3 Å². The Morgan fingerprint density at radius 2 is 2.00 bits per heavy atom. The second kappa shape index (κ2) is 8.55. The van der Waals surface area contributed by atoms with Crippen LogP contribution in [0.2, 0.25) is 0 Å². The molecular formula is C22H21N3O3S. The van der Waals surface area contributed by atoms with Gasteiger partial charge in [0.05, 0.1) is 13.2 Å². The third-order valence-electron chi connectivity index (χ3n) is 4.92. The van der Waals surface area contributed by atoms with Gasteiger partial charge in [0, 0.05) is 24.0 Å². The second-order valence-electron chi connectivity index (χ2n) is 6.88. The van der Waals surface area contributed by atoms with Crippen LogP contribution in [0.1, 0.15) is 37.3 Å². The topological polar surface area (TPSA) is 71.5 Å². The van der Waals surface area contributed by atoms with Crippen molar-refractivity contribution in [3.63, 3.8) is 0 Å². The van der Waals surface area contributed by atoms with E-state index in [9.17, 15) is 9.59 Å². The molecule has 0 radical (unpaired) electrons. The van der Waals surface area contributed by atoms with Crippen LogP contribution in [0.15, 0.2) is 60.8 Å². The van der Waals surface area contributed by atoms with E-state index >= 15 is 0 Å². The van der Waals surface area contributed by atoms with Crippen LogP contribution >= 0.6 is 11.5 Å². The van der Waals surface area contributed by atoms with Gasteiger partial charge in [-0.15, -0.1) is 0 Å². The zero-order chi connectivity index (χ0) is 20.2. The minimum absolute atomic E-state index is 0.0671. The zero-order valence-corrected chi connectivity index (χ0v) is 16.8. The molecule has 29 heavy (non-hydrogen) atoms. The fraction of sp³-hybridized carbons (Fsp3) is 0.227. The molecule has 1 aliphatic heterocycles. The Bertz CT molecular complexity index is 1010. The highest BCUT2D eigenvalue weighted by Crippen LogP contribution is 2.25. The number of rotatable bonds is 4. The summed E-state index contributed by atoms with van der Waals surface area (Å²) in [5.41, 5.74) is 3.13. The van der Waals surface area contributed by atoms with Gasteiger partial charge in [0.2, 0.25) is 0 Å². The molecule has 6 nitrogen and oxygen atoms in total. The summed E-state index contributed by atoms with van der Waals surface area (Å²) in [4.78, 5) is 27.8. The number of amides is 2. The van der Waals surface area contributed by atoms with Crippen LogP contribution in [0.4, 0.5) is 5.69 Å². The third-order valence-corrected chi connectivity index (χ3v) is 5.66. The van der Waals surface area contributed by atoms with E-state index in [1.54, 1.807) is 29.3 Å². The van der Waals surface area contributed by atoms with Crippen LogP contribution in [-0.4, -0.2) is 40.8 Å². The van der Waals surface area contributed by atoms with E-state index in [1.807, 2.05) is 43.3 Å². The number of morpholine rings is 1. The molecule has 1 unspecified atom stereocenters. The second-order valence-corrected chi connectivity index (χ2v) is 7.72. The van der Waals surface area contributed by atoms with Gasteiger partial charge >= 0.3 is 0 Å². The van der Waals surface area contributed by atoms with Crippen LogP contribution in [0.3, 0.4) is 0 Å². The number of aryl methyl sites for hydroxylation is 1. The maximum Gasteiger partial charge on any atom is 0.267 e. The first-order valence-corrected chi connectivity index (χ1v) is 10.2. The van der Waals surface area contributed by atoms with E-state index < -0.39 is 0 Å². The lowest BCUT2D eigenvalue weighted by atomic mass is 10.1. The van der Waals surface area contributed by atoms with Crippen molar-refractivity contribution in [2.45, 2.75) is 13.0 Å². The summed E-state index contributed by atoms with van der Waals surface area (Å²) in [6, 6.07) is 17.0. The Labute approximate surface area is 173 Å². The van der Waals surface area contributed by atoms with Gasteiger partial charge in [-0.05, 0) is 47.8 Å². The van der Waals surface area contributed by atoms with Crippen molar-refractivity contribution in [1.29, 1.82) is 0 Å². The number of benzene rings is 2. The molecule has 4 rings (SSSR count). The van der Waals surface area contributed by atoms with Gasteiger partial charge in [-0.2, -0.15) is 0 Å². The standard InChI is InChI=1S/C22H21N3O3S/c1-15-7-8-17(13-18(15)24-21(26)20-9-10-23-29-20)22(27)25-11-12-28-19(14-25)16-5-3-2-4-6-16/h2-10,13,19H,11-12,14H2,1H3,(H,24,26). The summed E-state index contributed by atoms with van der Waals surface area (Å²) in [6.45, 7) is 3.43. The molecule has 0 spiro atoms. The molecule has 2 heterocycles. The zero-order valence-electron chi connectivity index (χ0n) is 16.0. The van der Waals surface area contributed by atoms with Crippen molar-refractivity contribution in [3.05, 3.63) is 82.4 Å². The van der Waals surface area contributed by atoms with E-state index in [0.29, 0.717) is 35.8 Å². The highest BCUT2D eigenvalue weighted by Gasteiger charge is 2.26. The lowest BCUT2D eigenvalue weighted by Gasteiger charge is -2.33. The van der Waals surface area contributed by atoms with Crippen LogP contribution in [-0.2, 0) is 4.74 Å². The first-order valence-electron chi connectivity index (χ1n) is 9.40. The number of anilines is 1. The molecule has 1 aromatic heterocycles. The molecule has 1 N–H and O–H groups in total. The molecule has 2 amide bonds. The minimum Gasteiger partial charge on any atom is -0.370 e. The van der Waals surface area contributed by atoms with Crippen molar-refractivity contribution in [1.82, 2.24) is 9.27 Å². The van der Waals surface area contributed by atoms with E-state index in [2.05, 4.69) is 9.69 Å². The van der Waals surface area contributed by atoms with Crippen LogP contribution in [0, 0.1) is 6.92 Å². The van der Waals surface area contributed by atoms with E-state index in [1.165, 1.54) is 0 Å². The number of aromatic nitrogens is 1. The number of carbonyl (C=O) groups excluding carboxylic acids is 2. The molecule has 1 atom stereocenters. The number of carbonyl (C=O) groups is 2. The van der Waals surface area contributed by atoms with Gasteiger partial charge in [0.25, 0.3) is 11.8 Å². The average Bonchev–Trinajstić information content (AvgIpc) is 3.31. The monoisotopic (exact) mass is 407 g/mol. The first-order chi connectivity index (χ1) is 14.1. The molecule has 148 valence electrons. The van der Waals surface area contributed by atoms with Gasteiger partial charge in [-0.1, -0.05) is 36.4 Å². The highest BCUT2D eigenvalue weighted by atomic mass is 32.1. The van der Waals surface area contributed by atoms with E-state index in [0.717, 1.165) is 22.7 Å². The summed E-state index contributed by atoms with van der Waals surface area (Å²) in [5, 5.41) is 2.88. The van der Waals surface area contributed by atoms with Gasteiger partial charge in [-0.3, -0.25) is 9.59 Å². The summed E-state index contributed by atoms with van der Waals surface area (Å²) in [7, 11) is 0. The largest absolute Gasteiger partial charge is 0.370 e. The summed E-state index contributed by atoms with van der Waals surface area (Å²) >= 11 is 1.14. The third kappa shape index (κ3) is 4.36. The van der Waals surface area contributed by atoms with Crippen molar-refractivity contribution in [3.8, 4) is 0 Å². The maximum atomic E-state index is 13.1. The predicted molar refractivity (Wildman–Crippen MR) is 112 cm³/mol. The molecule has 3 aromatic rings. The van der Waals surface area contributed by atoms with E-state index in [-0.39, 0.29) is 17.9 Å². The molecule has 0 aliphatic carbocycles. The smallest absolute Gasteiger partial charge is 0.267 e. The Hall–Kier alpha value is -3.03. The lowest BCUT2D eigenvalue weighted by Crippen LogP contribution is -2.42. The van der Waals surface area contributed by atoms with E-state index in [4.69, 9.17) is 4.74 Å². The van der Waals surface area contributed by atoms with Crippen LogP contribution in [0.5, 0.6) is 0 Å². The number of nitrogens with zero attached hydrogens (tertiary/aromatic N) is 2. The Morgan fingerprint density at radius 3 is 2.76 bits per heavy atom. The fourth-order valence-electron chi connectivity index (χ4n) is 3.29. The minimum atomic E-state index is -0.226. The molecule has 2 aromatic carbocycles. The molecule has 1 aliphatic rings. The van der Waals surface area contributed by atoms with Crippen molar-refractivity contribution >= 4 is 29.0 Å². The molecule has 1 saturated heterocycles. The number of hydrogen-bond donors (Lipinski definition) is 1. The first kappa shape index (κ1) is 19.3. The van der Waals surface area contributed by atoms with Gasteiger partial charge in [0.1, 0.15) is 11.0 Å². The Morgan fingerprint density at radius 1 is 1.17 bits per heavy atom. The van der Waals surface area contributed by atoms with Crippen molar-refractivity contribution in [2.24, 2.45) is 0 Å². The summed E-state index contributed by atoms with van der Waals surface area (Å²) < 4.78 is 9.82. The van der Waals surface area contributed by atoms with Crippen molar-refractivity contribution in [2.75, 3.05) is 25.0 Å². The molecule has 0 bridgehead atoms.